The Morgan fingerprint density at radius 1 is 1.21 bits per heavy atom. The summed E-state index contributed by atoms with van der Waals surface area (Å²) < 4.78 is 31.2. The molecule has 0 saturated carbocycles. The highest BCUT2D eigenvalue weighted by atomic mass is 32.2. The molecule has 0 unspecified atom stereocenters. The number of sulfonamides is 1. The van der Waals surface area contributed by atoms with Crippen molar-refractivity contribution < 1.29 is 17.9 Å². The topological polar surface area (TPSA) is 109 Å². The van der Waals surface area contributed by atoms with Crippen LogP contribution in [0.5, 0.6) is 0 Å². The zero-order chi connectivity index (χ0) is 18.2. The van der Waals surface area contributed by atoms with Crippen LogP contribution < -0.4 is 20.9 Å². The summed E-state index contributed by atoms with van der Waals surface area (Å²) in [7, 11) is -2.14. The monoisotopic (exact) mass is 374 g/mol. The molecule has 4 N–H and O–H groups in total. The average Bonchev–Trinajstić information content (AvgIpc) is 2.52. The largest absolute Gasteiger partial charge is 0.383 e. The number of carbonyl (C=O) groups is 1. The summed E-state index contributed by atoms with van der Waals surface area (Å²) in [6.45, 7) is 4.27. The number of benzene rings is 1. The molecule has 8 nitrogen and oxygen atoms in total. The number of carbonyl (C=O) groups excluding carboxylic acids is 1. The number of ether oxygens (including phenoxy) is 1. The first-order valence-electron chi connectivity index (χ1n) is 7.22. The Balaban J connectivity index is 2.63. The molecule has 1 aromatic rings. The lowest BCUT2D eigenvalue weighted by Gasteiger charge is -2.14. The molecule has 1 aromatic carbocycles. The van der Waals surface area contributed by atoms with E-state index in [9.17, 15) is 13.2 Å². The molecule has 10 heteroatoms. The molecule has 0 aliphatic rings. The first-order chi connectivity index (χ1) is 11.3. The molecule has 24 heavy (non-hydrogen) atoms. The van der Waals surface area contributed by atoms with Crippen LogP contribution >= 0.6 is 12.2 Å². The van der Waals surface area contributed by atoms with Gasteiger partial charge in [0, 0.05) is 25.3 Å². The van der Waals surface area contributed by atoms with Crippen LogP contribution in [0.25, 0.3) is 0 Å². The molecular formula is C14H22N4O4S2. The van der Waals surface area contributed by atoms with Crippen LogP contribution in [0.2, 0.25) is 0 Å². The number of hydrogen-bond acceptors (Lipinski definition) is 5. The summed E-state index contributed by atoms with van der Waals surface area (Å²) in [5, 5.41) is 3.20. The van der Waals surface area contributed by atoms with Gasteiger partial charge in [0.25, 0.3) is 5.91 Å². The summed E-state index contributed by atoms with van der Waals surface area (Å²) in [6, 6.07) is 5.68. The van der Waals surface area contributed by atoms with Gasteiger partial charge in [0.1, 0.15) is 0 Å². The Hall–Kier alpha value is -1.75. The van der Waals surface area contributed by atoms with E-state index >= 15 is 0 Å². The van der Waals surface area contributed by atoms with Crippen molar-refractivity contribution in [2.45, 2.75) is 24.8 Å². The molecule has 0 atom stereocenters. The minimum Gasteiger partial charge on any atom is -0.383 e. The van der Waals surface area contributed by atoms with Crippen LogP contribution in [-0.4, -0.2) is 45.7 Å². The summed E-state index contributed by atoms with van der Waals surface area (Å²) in [4.78, 5) is 12.0. The Kier molecular flexibility index (Phi) is 8.05. The van der Waals surface area contributed by atoms with Gasteiger partial charge in [-0.1, -0.05) is 0 Å². The maximum absolute atomic E-state index is 12.0. The summed E-state index contributed by atoms with van der Waals surface area (Å²) in [5.74, 6) is -0.431. The second-order valence-electron chi connectivity index (χ2n) is 5.12. The molecule has 0 spiro atoms. The highest BCUT2D eigenvalue weighted by Gasteiger charge is 2.14. The van der Waals surface area contributed by atoms with Crippen LogP contribution in [0.1, 0.15) is 24.2 Å². The summed E-state index contributed by atoms with van der Waals surface area (Å²) in [5.41, 5.74) is 5.29. The number of nitrogens with one attached hydrogen (secondary N) is 4. The predicted molar refractivity (Wildman–Crippen MR) is 95.0 cm³/mol. The fourth-order valence-electron chi connectivity index (χ4n) is 1.63. The fraction of sp³-hybridized carbons (Fsp3) is 0.429. The molecule has 1 rings (SSSR count). The predicted octanol–water partition coefficient (Wildman–Crippen LogP) is 0.129. The van der Waals surface area contributed by atoms with Crippen LogP contribution in [-0.2, 0) is 14.8 Å². The summed E-state index contributed by atoms with van der Waals surface area (Å²) in [6.07, 6.45) is 0. The van der Waals surface area contributed by atoms with Gasteiger partial charge in [-0.15, -0.1) is 0 Å². The van der Waals surface area contributed by atoms with Crippen molar-refractivity contribution in [1.29, 1.82) is 0 Å². The molecule has 134 valence electrons. The normalized spacial score (nSPS) is 11.2. The number of amides is 1. The van der Waals surface area contributed by atoms with Crippen molar-refractivity contribution in [3.63, 3.8) is 0 Å². The molecular weight excluding hydrogens is 352 g/mol. The van der Waals surface area contributed by atoms with E-state index in [0.29, 0.717) is 10.7 Å². The number of hydrogen-bond donors (Lipinski definition) is 4. The summed E-state index contributed by atoms with van der Waals surface area (Å²) >= 11 is 4.98. The molecule has 0 saturated heterocycles. The van der Waals surface area contributed by atoms with Crippen molar-refractivity contribution in [1.82, 2.24) is 20.9 Å². The van der Waals surface area contributed by atoms with Gasteiger partial charge >= 0.3 is 0 Å². The zero-order valence-electron chi connectivity index (χ0n) is 13.8. The van der Waals surface area contributed by atoms with E-state index in [4.69, 9.17) is 17.0 Å². The van der Waals surface area contributed by atoms with Crippen molar-refractivity contribution in [2.75, 3.05) is 20.3 Å². The Morgan fingerprint density at radius 3 is 2.38 bits per heavy atom. The van der Waals surface area contributed by atoms with E-state index < -0.39 is 15.9 Å². The molecule has 0 aliphatic carbocycles. The van der Waals surface area contributed by atoms with Gasteiger partial charge in [0.2, 0.25) is 10.0 Å². The maximum Gasteiger partial charge on any atom is 0.269 e. The third-order valence-electron chi connectivity index (χ3n) is 2.73. The SMILES string of the molecule is COCCNS(=O)(=O)c1ccc(C(=O)NNC(=S)NC(C)C)cc1. The lowest BCUT2D eigenvalue weighted by atomic mass is 10.2. The van der Waals surface area contributed by atoms with Gasteiger partial charge in [0.15, 0.2) is 5.11 Å². The van der Waals surface area contributed by atoms with E-state index in [1.54, 1.807) is 0 Å². The highest BCUT2D eigenvalue weighted by Crippen LogP contribution is 2.10. The standard InChI is InChI=1S/C14H22N4O4S2/c1-10(2)16-14(23)18-17-13(19)11-4-6-12(7-5-11)24(20,21)15-8-9-22-3/h4-7,10,15H,8-9H2,1-3H3,(H,17,19)(H2,16,18,23). The van der Waals surface area contributed by atoms with Gasteiger partial charge < -0.3 is 10.1 Å². The molecule has 0 fully saturated rings. The van der Waals surface area contributed by atoms with Gasteiger partial charge in [-0.2, -0.15) is 0 Å². The quantitative estimate of drug-likeness (QED) is 0.305. The molecule has 0 heterocycles. The van der Waals surface area contributed by atoms with Crippen molar-refractivity contribution in [2.24, 2.45) is 0 Å². The maximum atomic E-state index is 12.0. The second kappa shape index (κ2) is 9.52. The van der Waals surface area contributed by atoms with E-state index in [-0.39, 0.29) is 24.1 Å². The van der Waals surface area contributed by atoms with Gasteiger partial charge in [-0.05, 0) is 50.3 Å². The van der Waals surface area contributed by atoms with Crippen molar-refractivity contribution >= 4 is 33.3 Å². The van der Waals surface area contributed by atoms with Crippen molar-refractivity contribution in [3.05, 3.63) is 29.8 Å². The first-order valence-corrected chi connectivity index (χ1v) is 9.11. The van der Waals surface area contributed by atoms with Crippen molar-refractivity contribution in [3.8, 4) is 0 Å². The van der Waals surface area contributed by atoms with Crippen LogP contribution in [0.4, 0.5) is 0 Å². The van der Waals surface area contributed by atoms with Crippen LogP contribution in [0.15, 0.2) is 29.2 Å². The minimum absolute atomic E-state index is 0.0695. The molecule has 0 radical (unpaired) electrons. The molecule has 0 bridgehead atoms. The lowest BCUT2D eigenvalue weighted by molar-refractivity contribution is 0.0943. The van der Waals surface area contributed by atoms with Gasteiger partial charge in [-0.3, -0.25) is 15.6 Å². The third kappa shape index (κ3) is 6.79. The third-order valence-corrected chi connectivity index (χ3v) is 4.43. The number of methoxy groups -OCH3 is 1. The number of hydrazine groups is 1. The Morgan fingerprint density at radius 2 is 1.83 bits per heavy atom. The van der Waals surface area contributed by atoms with Crippen LogP contribution in [0, 0.1) is 0 Å². The first kappa shape index (κ1) is 20.3. The van der Waals surface area contributed by atoms with E-state index in [1.165, 1.54) is 31.4 Å². The Labute approximate surface area is 147 Å². The fourth-order valence-corrected chi connectivity index (χ4v) is 2.93. The lowest BCUT2D eigenvalue weighted by Crippen LogP contribution is -2.48. The van der Waals surface area contributed by atoms with Gasteiger partial charge in [0.05, 0.1) is 11.5 Å². The zero-order valence-corrected chi connectivity index (χ0v) is 15.4. The van der Waals surface area contributed by atoms with Gasteiger partial charge in [-0.25, -0.2) is 13.1 Å². The number of thiocarbonyl (C=S) groups is 1. The second-order valence-corrected chi connectivity index (χ2v) is 7.30. The van der Waals surface area contributed by atoms with E-state index in [1.807, 2.05) is 13.8 Å². The van der Waals surface area contributed by atoms with E-state index in [2.05, 4.69) is 20.9 Å². The molecule has 1 amide bonds. The molecule has 0 aromatic heterocycles. The van der Waals surface area contributed by atoms with Crippen LogP contribution in [0.3, 0.4) is 0 Å². The van der Waals surface area contributed by atoms with E-state index in [0.717, 1.165) is 0 Å². The minimum atomic E-state index is -3.62. The Bertz CT molecular complexity index is 660. The average molecular weight is 374 g/mol. The number of rotatable bonds is 7. The molecule has 0 aliphatic heterocycles. The highest BCUT2D eigenvalue weighted by molar-refractivity contribution is 7.89. The smallest absolute Gasteiger partial charge is 0.269 e.